The highest BCUT2D eigenvalue weighted by molar-refractivity contribution is 8.01. The van der Waals surface area contributed by atoms with Gasteiger partial charge in [0.2, 0.25) is 5.78 Å². The lowest BCUT2D eigenvalue weighted by Gasteiger charge is -1.99. The van der Waals surface area contributed by atoms with Gasteiger partial charge in [0.15, 0.2) is 14.1 Å². The number of hydrogen-bond donors (Lipinski definition) is 0. The number of furan rings is 1. The van der Waals surface area contributed by atoms with Crippen LogP contribution >= 0.6 is 35.3 Å². The topological polar surface area (TPSA) is 48.0 Å². The van der Waals surface area contributed by atoms with Crippen molar-refractivity contribution in [2.75, 3.05) is 5.75 Å². The molecule has 130 valence electrons. The summed E-state index contributed by atoms with van der Waals surface area (Å²) in [6.45, 7) is 0. The number of Topliss-reactive ketones (excluding diaryl/α,β-unsaturated/α-hetero) is 1. The summed E-state index contributed by atoms with van der Waals surface area (Å²) in [4.78, 5) is 12.4. The Labute approximate surface area is 161 Å². The fraction of sp³-hybridized carbons (Fsp3) is 0.0556. The van der Waals surface area contributed by atoms with Gasteiger partial charge in [0, 0.05) is 5.39 Å². The number of halogens is 1. The zero-order valence-corrected chi connectivity index (χ0v) is 15.7. The Balaban J connectivity index is 1.49. The highest BCUT2D eigenvalue weighted by Crippen LogP contribution is 2.26. The number of nitrogens with zero attached hydrogens (tertiary/aromatic N) is 2. The first-order chi connectivity index (χ1) is 12.6. The van der Waals surface area contributed by atoms with Gasteiger partial charge in [-0.05, 0) is 48.6 Å². The molecule has 0 fully saturated rings. The molecule has 0 radical (unpaired) electrons. The first-order valence-electron chi connectivity index (χ1n) is 7.61. The maximum atomic E-state index is 13.1. The van der Waals surface area contributed by atoms with Gasteiger partial charge in [-0.3, -0.25) is 4.79 Å². The number of thioether (sulfide) groups is 1. The van der Waals surface area contributed by atoms with Crippen molar-refractivity contribution in [3.05, 3.63) is 70.1 Å². The second kappa shape index (κ2) is 7.14. The highest BCUT2D eigenvalue weighted by Gasteiger charge is 2.14. The number of para-hydroxylation sites is 1. The van der Waals surface area contributed by atoms with Crippen LogP contribution in [0.4, 0.5) is 4.39 Å². The Morgan fingerprint density at radius 1 is 1.23 bits per heavy atom. The monoisotopic (exact) mass is 402 g/mol. The first-order valence-corrected chi connectivity index (χ1v) is 9.82. The van der Waals surface area contributed by atoms with Gasteiger partial charge in [-0.1, -0.05) is 41.3 Å². The van der Waals surface area contributed by atoms with Crippen molar-refractivity contribution in [2.45, 2.75) is 4.34 Å². The molecule has 4 aromatic rings. The van der Waals surface area contributed by atoms with E-state index in [2.05, 4.69) is 5.10 Å². The number of fused-ring (bicyclic) bond motifs is 1. The lowest BCUT2D eigenvalue weighted by atomic mass is 10.2. The molecule has 2 heterocycles. The van der Waals surface area contributed by atoms with Crippen LogP contribution in [0.5, 0.6) is 0 Å². The smallest absolute Gasteiger partial charge is 0.208 e. The van der Waals surface area contributed by atoms with E-state index >= 15 is 0 Å². The number of carbonyl (C=O) groups excluding carboxylic acids is 1. The van der Waals surface area contributed by atoms with Crippen LogP contribution in [0.3, 0.4) is 0 Å². The van der Waals surface area contributed by atoms with Crippen molar-refractivity contribution in [3.63, 3.8) is 0 Å². The molecule has 26 heavy (non-hydrogen) atoms. The fourth-order valence-corrected chi connectivity index (χ4v) is 4.61. The van der Waals surface area contributed by atoms with E-state index < -0.39 is 0 Å². The Morgan fingerprint density at radius 3 is 2.77 bits per heavy atom. The van der Waals surface area contributed by atoms with Gasteiger partial charge in [0.25, 0.3) is 0 Å². The van der Waals surface area contributed by atoms with E-state index in [0.29, 0.717) is 25.3 Å². The molecule has 0 aliphatic rings. The standard InChI is InChI=1S/C18H11FN2O2S3/c19-12-5-7-13(8-6-12)21-18(24)26-17(20-21)25-10-14(22)16-9-11-3-1-2-4-15(11)23-16/h1-9H,10H2. The molecular weight excluding hydrogens is 391 g/mol. The number of rotatable bonds is 5. The fourth-order valence-electron chi connectivity index (χ4n) is 2.38. The Hall–Kier alpha value is -2.29. The number of benzene rings is 2. The van der Waals surface area contributed by atoms with Gasteiger partial charge >= 0.3 is 0 Å². The average Bonchev–Trinajstić information content (AvgIpc) is 3.24. The van der Waals surface area contributed by atoms with Gasteiger partial charge in [-0.15, -0.1) is 5.10 Å². The summed E-state index contributed by atoms with van der Waals surface area (Å²) >= 11 is 7.92. The minimum atomic E-state index is -0.318. The molecule has 0 atom stereocenters. The van der Waals surface area contributed by atoms with Crippen LogP contribution in [0, 0.1) is 9.77 Å². The number of carbonyl (C=O) groups is 1. The quantitative estimate of drug-likeness (QED) is 0.250. The second-order valence-corrected chi connectivity index (χ2v) is 8.23. The minimum Gasteiger partial charge on any atom is -0.453 e. The molecule has 2 aromatic carbocycles. The van der Waals surface area contributed by atoms with Crippen LogP contribution < -0.4 is 0 Å². The lowest BCUT2D eigenvalue weighted by molar-refractivity contribution is 0.0994. The predicted octanol–water partition coefficient (Wildman–Crippen LogP) is 5.52. The molecule has 0 amide bonds. The van der Waals surface area contributed by atoms with Gasteiger partial charge < -0.3 is 4.42 Å². The SMILES string of the molecule is O=C(CSc1nn(-c2ccc(F)cc2)c(=S)s1)c1cc2ccccc2o1. The molecule has 0 aliphatic heterocycles. The summed E-state index contributed by atoms with van der Waals surface area (Å²) in [6.07, 6.45) is 0. The highest BCUT2D eigenvalue weighted by atomic mass is 32.2. The predicted molar refractivity (Wildman–Crippen MR) is 104 cm³/mol. The molecular formula is C18H11FN2O2S3. The van der Waals surface area contributed by atoms with Crippen molar-refractivity contribution in [1.82, 2.24) is 9.78 Å². The second-order valence-electron chi connectivity index (χ2n) is 5.38. The third-order valence-corrected chi connectivity index (χ3v) is 5.99. The van der Waals surface area contributed by atoms with Gasteiger partial charge in [0.1, 0.15) is 11.4 Å². The van der Waals surface area contributed by atoms with E-state index in [0.717, 1.165) is 5.39 Å². The van der Waals surface area contributed by atoms with Crippen LogP contribution in [-0.4, -0.2) is 21.3 Å². The molecule has 4 nitrogen and oxygen atoms in total. The van der Waals surface area contributed by atoms with Crippen molar-refractivity contribution >= 4 is 52.1 Å². The summed E-state index contributed by atoms with van der Waals surface area (Å²) in [5.74, 6) is 0.105. The molecule has 0 N–H and O–H groups in total. The lowest BCUT2D eigenvalue weighted by Crippen LogP contribution is -2.01. The van der Waals surface area contributed by atoms with Gasteiger partial charge in [-0.25, -0.2) is 9.07 Å². The van der Waals surface area contributed by atoms with Gasteiger partial charge in [-0.2, -0.15) is 0 Å². The zero-order valence-electron chi connectivity index (χ0n) is 13.2. The van der Waals surface area contributed by atoms with Crippen LogP contribution in [0.1, 0.15) is 10.6 Å². The van der Waals surface area contributed by atoms with Crippen molar-refractivity contribution in [1.29, 1.82) is 0 Å². The van der Waals surface area contributed by atoms with Crippen molar-refractivity contribution < 1.29 is 13.6 Å². The maximum absolute atomic E-state index is 13.1. The Kier molecular flexibility index (Phi) is 4.71. The summed E-state index contributed by atoms with van der Waals surface area (Å²) in [5.41, 5.74) is 1.38. The van der Waals surface area contributed by atoms with Gasteiger partial charge in [0.05, 0.1) is 11.4 Å². The number of hydrogen-bond acceptors (Lipinski definition) is 6. The van der Waals surface area contributed by atoms with E-state index in [9.17, 15) is 9.18 Å². The van der Waals surface area contributed by atoms with E-state index in [1.54, 1.807) is 22.9 Å². The molecule has 0 aliphatic carbocycles. The summed E-state index contributed by atoms with van der Waals surface area (Å²) in [7, 11) is 0. The molecule has 0 saturated carbocycles. The third kappa shape index (κ3) is 3.48. The largest absolute Gasteiger partial charge is 0.453 e. The average molecular weight is 402 g/mol. The molecule has 4 rings (SSSR count). The van der Waals surface area contributed by atoms with Crippen LogP contribution in [-0.2, 0) is 0 Å². The molecule has 0 saturated heterocycles. The number of aromatic nitrogens is 2. The van der Waals surface area contributed by atoms with E-state index in [-0.39, 0.29) is 17.4 Å². The number of ketones is 1. The third-order valence-electron chi connectivity index (χ3n) is 3.63. The molecule has 0 unspecified atom stereocenters. The maximum Gasteiger partial charge on any atom is 0.208 e. The summed E-state index contributed by atoms with van der Waals surface area (Å²) < 4.78 is 21.4. The zero-order chi connectivity index (χ0) is 18.1. The summed E-state index contributed by atoms with van der Waals surface area (Å²) in [6, 6.07) is 15.2. The molecule has 2 aromatic heterocycles. The van der Waals surface area contributed by atoms with Crippen molar-refractivity contribution in [2.24, 2.45) is 0 Å². The Bertz CT molecular complexity index is 1110. The first kappa shape index (κ1) is 17.1. The normalized spacial score (nSPS) is 11.1. The van der Waals surface area contributed by atoms with E-state index in [1.807, 2.05) is 24.3 Å². The molecule has 0 bridgehead atoms. The molecule has 8 heteroatoms. The summed E-state index contributed by atoms with van der Waals surface area (Å²) in [5, 5.41) is 5.31. The van der Waals surface area contributed by atoms with Crippen LogP contribution in [0.15, 0.2) is 63.4 Å². The van der Waals surface area contributed by atoms with E-state index in [4.69, 9.17) is 16.6 Å². The Morgan fingerprint density at radius 2 is 2.00 bits per heavy atom. The van der Waals surface area contributed by atoms with Crippen molar-refractivity contribution in [3.8, 4) is 5.69 Å². The minimum absolute atomic E-state index is 0.111. The van der Waals surface area contributed by atoms with E-state index in [1.165, 1.54) is 35.2 Å². The van der Waals surface area contributed by atoms with Crippen LogP contribution in [0.25, 0.3) is 16.7 Å². The van der Waals surface area contributed by atoms with Crippen LogP contribution in [0.2, 0.25) is 0 Å². The molecule has 0 spiro atoms.